The molecule has 1 unspecified atom stereocenters. The minimum atomic E-state index is -1.05. The number of aryl methyl sites for hydroxylation is 1. The number of aliphatic hydroxyl groups is 2. The second-order valence-electron chi connectivity index (χ2n) is 11.8. The van der Waals surface area contributed by atoms with Gasteiger partial charge in [-0.15, -0.1) is 0 Å². The molecule has 5 aromatic rings. The van der Waals surface area contributed by atoms with Crippen molar-refractivity contribution in [2.75, 3.05) is 29.9 Å². The summed E-state index contributed by atoms with van der Waals surface area (Å²) in [5.41, 5.74) is 10.7. The number of aromatic nitrogens is 7. The molecule has 4 heterocycles. The van der Waals surface area contributed by atoms with Gasteiger partial charge in [0.1, 0.15) is 18.2 Å². The first kappa shape index (κ1) is 28.4. The lowest BCUT2D eigenvalue weighted by molar-refractivity contribution is 0.00497. The molecule has 0 amide bonds. The number of anilines is 2. The molecule has 1 aliphatic carbocycles. The van der Waals surface area contributed by atoms with E-state index in [0.717, 1.165) is 25.1 Å². The fourth-order valence-corrected chi connectivity index (χ4v) is 6.50. The Morgan fingerprint density at radius 2 is 1.68 bits per heavy atom. The largest absolute Gasteiger partial charge is 0.388 e. The van der Waals surface area contributed by atoms with Crippen LogP contribution in [0.1, 0.15) is 54.6 Å². The fraction of sp³-hybridized carbons (Fsp3) is 0.406. The number of nitrogens with two attached hydrogens (primary N) is 1. The van der Waals surface area contributed by atoms with Crippen LogP contribution in [0.2, 0.25) is 0 Å². The van der Waals surface area contributed by atoms with Crippen LogP contribution in [0.5, 0.6) is 0 Å². The van der Waals surface area contributed by atoms with Crippen molar-refractivity contribution in [3.05, 3.63) is 90.0 Å². The molecule has 1 saturated carbocycles. The Morgan fingerprint density at radius 3 is 2.32 bits per heavy atom. The zero-order chi connectivity index (χ0) is 30.2. The number of fused-ring (bicyclic) bond motifs is 1. The van der Waals surface area contributed by atoms with E-state index in [4.69, 9.17) is 20.7 Å². The third-order valence-corrected chi connectivity index (χ3v) is 8.99. The zero-order valence-electron chi connectivity index (χ0n) is 24.7. The Hall–Kier alpha value is -4.39. The molecule has 0 radical (unpaired) electrons. The Kier molecular flexibility index (Phi) is 7.71. The summed E-state index contributed by atoms with van der Waals surface area (Å²) < 4.78 is 1.87. The molecule has 0 spiro atoms. The number of imidazole rings is 1. The number of nitrogens with one attached hydrogen (secondary N) is 1. The first-order valence-electron chi connectivity index (χ1n) is 15.4. The summed E-state index contributed by atoms with van der Waals surface area (Å²) in [5, 5.41) is 34.8. The molecule has 1 saturated heterocycles. The second-order valence-corrected chi connectivity index (χ2v) is 11.8. The molecule has 228 valence electrons. The molecule has 2 fully saturated rings. The maximum atomic E-state index is 11.2. The lowest BCUT2D eigenvalue weighted by atomic mass is 9.91. The molecule has 3 aromatic heterocycles. The molecule has 12 heteroatoms. The number of aliphatic hydroxyl groups excluding tert-OH is 2. The van der Waals surface area contributed by atoms with E-state index in [1.165, 1.54) is 15.9 Å². The van der Waals surface area contributed by atoms with Gasteiger partial charge >= 0.3 is 0 Å². The highest BCUT2D eigenvalue weighted by Crippen LogP contribution is 2.40. The maximum Gasteiger partial charge on any atom is 0.229 e. The number of benzene rings is 2. The van der Waals surface area contributed by atoms with Crippen molar-refractivity contribution in [2.45, 2.75) is 62.4 Å². The molecule has 2 aromatic carbocycles. The summed E-state index contributed by atoms with van der Waals surface area (Å²) in [6.07, 6.45) is 3.33. The predicted octanol–water partition coefficient (Wildman–Crippen LogP) is 2.67. The third kappa shape index (κ3) is 5.29. The van der Waals surface area contributed by atoms with E-state index >= 15 is 0 Å². The van der Waals surface area contributed by atoms with E-state index in [2.05, 4.69) is 68.9 Å². The van der Waals surface area contributed by atoms with Crippen LogP contribution in [0.3, 0.4) is 0 Å². The van der Waals surface area contributed by atoms with Gasteiger partial charge in [-0.25, -0.2) is 4.98 Å². The van der Waals surface area contributed by atoms with Crippen molar-refractivity contribution in [3.63, 3.8) is 0 Å². The highest BCUT2D eigenvalue weighted by atomic mass is 16.3. The van der Waals surface area contributed by atoms with Gasteiger partial charge in [-0.3, -0.25) is 0 Å². The number of hydrogen-bond donors (Lipinski definition) is 4. The average Bonchev–Trinajstić information content (AvgIpc) is 3.86. The summed E-state index contributed by atoms with van der Waals surface area (Å²) >= 11 is 0. The lowest BCUT2D eigenvalue weighted by Gasteiger charge is -2.22. The summed E-state index contributed by atoms with van der Waals surface area (Å²) in [6.45, 7) is 4.01. The van der Waals surface area contributed by atoms with Gasteiger partial charge in [-0.1, -0.05) is 67.6 Å². The van der Waals surface area contributed by atoms with Crippen molar-refractivity contribution >= 4 is 22.9 Å². The van der Waals surface area contributed by atoms with Crippen LogP contribution in [0, 0.1) is 0 Å². The normalized spacial score (nSPS) is 23.7. The van der Waals surface area contributed by atoms with Crippen LogP contribution in [-0.2, 0) is 6.42 Å². The van der Waals surface area contributed by atoms with Crippen LogP contribution in [0.4, 0.5) is 11.8 Å². The minimum absolute atomic E-state index is 0.0540. The van der Waals surface area contributed by atoms with Gasteiger partial charge in [0.05, 0.1) is 24.3 Å². The average molecular weight is 595 g/mol. The number of nitrogens with zero attached hydrogens (tertiary/aromatic N) is 8. The summed E-state index contributed by atoms with van der Waals surface area (Å²) in [4.78, 5) is 18.3. The van der Waals surface area contributed by atoms with Gasteiger partial charge in [0.2, 0.25) is 5.95 Å². The molecule has 7 rings (SSSR count). The number of rotatable bonds is 9. The predicted molar refractivity (Wildman–Crippen MR) is 167 cm³/mol. The van der Waals surface area contributed by atoms with Crippen molar-refractivity contribution in [1.82, 2.24) is 34.5 Å². The molecule has 5 atom stereocenters. The second kappa shape index (κ2) is 11.9. The Morgan fingerprint density at radius 1 is 0.977 bits per heavy atom. The molecule has 44 heavy (non-hydrogen) atoms. The zero-order valence-corrected chi connectivity index (χ0v) is 24.7. The van der Waals surface area contributed by atoms with Crippen LogP contribution in [0.25, 0.3) is 11.2 Å². The van der Waals surface area contributed by atoms with Crippen molar-refractivity contribution in [3.8, 4) is 0 Å². The van der Waals surface area contributed by atoms with E-state index in [0.29, 0.717) is 42.4 Å². The van der Waals surface area contributed by atoms with Crippen LogP contribution < -0.4 is 16.0 Å². The Labute approximate surface area is 255 Å². The van der Waals surface area contributed by atoms with E-state index < -0.39 is 24.3 Å². The summed E-state index contributed by atoms with van der Waals surface area (Å²) in [5.74, 6) is 1.26. The standard InChI is InChI=1S/C32H38N10O2/c1-2-23-16-36-42(39-23)26-15-25(28(43)29(26)44)41-19-35-27-30(37-32(38-31(27)41)40-14-13-22(33)18-40)34-17-24(20-9-5-3-6-10-20)21-11-7-4-8-12-21/h3-12,16,19,22,24-26,28-29,43-44H,2,13-15,17-18,33H2,1H3,(H,34,37,38)/t22?,25-,26+,28+,29-/m1/s1. The topological polar surface area (TPSA) is 156 Å². The van der Waals surface area contributed by atoms with Crippen molar-refractivity contribution in [1.29, 1.82) is 0 Å². The van der Waals surface area contributed by atoms with Crippen molar-refractivity contribution in [2.24, 2.45) is 5.73 Å². The monoisotopic (exact) mass is 594 g/mol. The lowest BCUT2D eigenvalue weighted by Crippen LogP contribution is -2.31. The van der Waals surface area contributed by atoms with Gasteiger partial charge in [0.25, 0.3) is 0 Å². The number of hydrogen-bond acceptors (Lipinski definition) is 10. The van der Waals surface area contributed by atoms with E-state index in [1.54, 1.807) is 12.5 Å². The maximum absolute atomic E-state index is 11.2. The molecule has 5 N–H and O–H groups in total. The molecule has 0 bridgehead atoms. The first-order chi connectivity index (χ1) is 21.5. The van der Waals surface area contributed by atoms with Gasteiger partial charge in [-0.05, 0) is 30.4 Å². The highest BCUT2D eigenvalue weighted by Gasteiger charge is 2.45. The van der Waals surface area contributed by atoms with Crippen LogP contribution in [0.15, 0.2) is 73.2 Å². The molecular formula is C32H38N10O2. The Bertz CT molecular complexity index is 1670. The minimum Gasteiger partial charge on any atom is -0.388 e. The fourth-order valence-electron chi connectivity index (χ4n) is 6.50. The van der Waals surface area contributed by atoms with E-state index in [1.807, 2.05) is 23.6 Å². The van der Waals surface area contributed by atoms with E-state index in [9.17, 15) is 10.2 Å². The van der Waals surface area contributed by atoms with Crippen LogP contribution in [-0.4, -0.2) is 82.6 Å². The quantitative estimate of drug-likeness (QED) is 0.200. The van der Waals surface area contributed by atoms with Gasteiger partial charge < -0.3 is 30.7 Å². The summed E-state index contributed by atoms with van der Waals surface area (Å²) in [6, 6.07) is 19.9. The molecular weight excluding hydrogens is 556 g/mol. The highest BCUT2D eigenvalue weighted by molar-refractivity contribution is 5.84. The van der Waals surface area contributed by atoms with Gasteiger partial charge in [0.15, 0.2) is 17.0 Å². The van der Waals surface area contributed by atoms with Crippen molar-refractivity contribution < 1.29 is 10.2 Å². The molecule has 2 aliphatic rings. The SMILES string of the molecule is CCc1cnn([C@H]2C[C@@H](n3cnc4c(NCC(c5ccccc5)c5ccccc5)nc(N5CCC(N)C5)nc43)[C@H](O)[C@@H]2O)n1. The molecule has 12 nitrogen and oxygen atoms in total. The van der Waals surface area contributed by atoms with Gasteiger partial charge in [0, 0.05) is 31.6 Å². The Balaban J connectivity index is 1.25. The third-order valence-electron chi connectivity index (χ3n) is 8.99. The van der Waals surface area contributed by atoms with Crippen LogP contribution >= 0.6 is 0 Å². The van der Waals surface area contributed by atoms with E-state index in [-0.39, 0.29) is 12.0 Å². The van der Waals surface area contributed by atoms with Gasteiger partial charge in [-0.2, -0.15) is 25.0 Å². The molecule has 1 aliphatic heterocycles. The first-order valence-corrected chi connectivity index (χ1v) is 15.4. The smallest absolute Gasteiger partial charge is 0.229 e. The summed E-state index contributed by atoms with van der Waals surface area (Å²) in [7, 11) is 0.